The molecule has 6 heteroatoms. The van der Waals surface area contributed by atoms with Gasteiger partial charge in [0.2, 0.25) is 0 Å². The van der Waals surface area contributed by atoms with Crippen LogP contribution in [0.3, 0.4) is 0 Å². The fourth-order valence-corrected chi connectivity index (χ4v) is 5.59. The third-order valence-electron chi connectivity index (χ3n) is 7.85. The number of piperazine rings is 1. The van der Waals surface area contributed by atoms with Gasteiger partial charge in [-0.1, -0.05) is 64.1 Å². The molecule has 5 aromatic rings. The maximum absolute atomic E-state index is 5.09. The Morgan fingerprint density at radius 1 is 0.921 bits per heavy atom. The molecule has 1 fully saturated rings. The molecule has 0 bridgehead atoms. The topological polar surface area (TPSA) is 60.9 Å². The highest BCUT2D eigenvalue weighted by Gasteiger charge is 2.27. The number of para-hydroxylation sites is 1. The van der Waals surface area contributed by atoms with Crippen LogP contribution in [0.15, 0.2) is 73.1 Å². The van der Waals surface area contributed by atoms with E-state index in [0.29, 0.717) is 6.04 Å². The maximum atomic E-state index is 5.09. The van der Waals surface area contributed by atoms with Crippen LogP contribution in [0.2, 0.25) is 0 Å². The molecule has 0 amide bonds. The van der Waals surface area contributed by atoms with Gasteiger partial charge in [-0.25, -0.2) is 4.98 Å². The van der Waals surface area contributed by atoms with Gasteiger partial charge >= 0.3 is 0 Å². The lowest BCUT2D eigenvalue weighted by Crippen LogP contribution is -2.52. The second-order valence-corrected chi connectivity index (χ2v) is 11.4. The van der Waals surface area contributed by atoms with Crippen molar-refractivity contribution in [1.82, 2.24) is 24.8 Å². The van der Waals surface area contributed by atoms with Crippen molar-refractivity contribution in [3.63, 3.8) is 0 Å². The van der Waals surface area contributed by atoms with E-state index in [2.05, 4.69) is 113 Å². The number of nitrogens with zero attached hydrogens (tertiary/aromatic N) is 5. The first-order valence-electron chi connectivity index (χ1n) is 13.7. The van der Waals surface area contributed by atoms with Crippen molar-refractivity contribution in [3.8, 4) is 11.4 Å². The van der Waals surface area contributed by atoms with E-state index in [1.165, 1.54) is 16.8 Å². The molecule has 3 heterocycles. The summed E-state index contributed by atoms with van der Waals surface area (Å²) in [6.45, 7) is 12.9. The lowest BCUT2D eigenvalue weighted by atomic mass is 9.87. The number of nitrogens with one attached hydrogen (secondary N) is 1. The van der Waals surface area contributed by atoms with Crippen molar-refractivity contribution < 1.29 is 0 Å². The zero-order valence-electron chi connectivity index (χ0n) is 22.8. The number of aromatic amines is 1. The number of hydrogen-bond acceptors (Lipinski definition) is 5. The number of rotatable bonds is 5. The van der Waals surface area contributed by atoms with Crippen LogP contribution in [0.5, 0.6) is 0 Å². The van der Waals surface area contributed by atoms with Crippen LogP contribution in [0, 0.1) is 0 Å². The number of aromatic nitrogens is 4. The van der Waals surface area contributed by atoms with Crippen LogP contribution < -0.4 is 4.90 Å². The van der Waals surface area contributed by atoms with Gasteiger partial charge < -0.3 is 9.88 Å². The monoisotopic (exact) mass is 504 g/mol. The van der Waals surface area contributed by atoms with E-state index in [1.54, 1.807) is 12.4 Å². The summed E-state index contributed by atoms with van der Waals surface area (Å²) in [5, 5.41) is 0. The highest BCUT2D eigenvalue weighted by Crippen LogP contribution is 2.32. The Labute approximate surface area is 224 Å². The minimum Gasteiger partial charge on any atom is -0.367 e. The average Bonchev–Trinajstić information content (AvgIpc) is 3.37. The number of fused-ring (bicyclic) bond motifs is 2. The molecular weight excluding hydrogens is 468 g/mol. The molecule has 1 atom stereocenters. The normalized spacial score (nSPS) is 16.9. The first-order chi connectivity index (χ1) is 18.4. The molecule has 0 saturated carbocycles. The van der Waals surface area contributed by atoms with E-state index in [1.807, 2.05) is 0 Å². The molecule has 1 saturated heterocycles. The van der Waals surface area contributed by atoms with Crippen molar-refractivity contribution in [2.75, 3.05) is 24.5 Å². The third-order valence-corrected chi connectivity index (χ3v) is 7.85. The van der Waals surface area contributed by atoms with Gasteiger partial charge in [0.15, 0.2) is 0 Å². The number of anilines is 1. The largest absolute Gasteiger partial charge is 0.367 e. The smallest absolute Gasteiger partial charge is 0.138 e. The first-order valence-corrected chi connectivity index (χ1v) is 13.7. The van der Waals surface area contributed by atoms with Crippen molar-refractivity contribution in [1.29, 1.82) is 0 Å². The molecule has 1 N–H and O–H groups in total. The van der Waals surface area contributed by atoms with Crippen LogP contribution in [0.4, 0.5) is 5.69 Å². The summed E-state index contributed by atoms with van der Waals surface area (Å²) in [6.07, 6.45) is 4.62. The number of H-pyrrole nitrogens is 1. The molecule has 2 aromatic heterocycles. The van der Waals surface area contributed by atoms with Crippen molar-refractivity contribution in [2.24, 2.45) is 0 Å². The van der Waals surface area contributed by atoms with Crippen LogP contribution in [-0.4, -0.2) is 50.5 Å². The lowest BCUT2D eigenvalue weighted by molar-refractivity contribution is 0.164. The summed E-state index contributed by atoms with van der Waals surface area (Å²) in [6, 6.07) is 22.2. The summed E-state index contributed by atoms with van der Waals surface area (Å²) in [4.78, 5) is 22.7. The molecule has 3 aromatic carbocycles. The molecule has 0 unspecified atom stereocenters. The fourth-order valence-electron chi connectivity index (χ4n) is 5.59. The van der Waals surface area contributed by atoms with Crippen LogP contribution in [0.1, 0.15) is 45.2 Å². The quantitative estimate of drug-likeness (QED) is 0.293. The Bertz CT molecular complexity index is 1560. The van der Waals surface area contributed by atoms with Gasteiger partial charge in [0, 0.05) is 50.2 Å². The standard InChI is InChI=1S/C32H36N6/c1-5-25-21-38(18-17-37(25)20-22-9-14-26-28(19-22)34-16-15-33-26)29-8-6-7-27-30(29)36-31(35-27)23-10-12-24(13-11-23)32(2,3)4/h6-16,19,25H,5,17-18,20-21H2,1-4H3,(H,35,36)/t25-/m0/s1. The van der Waals surface area contributed by atoms with E-state index < -0.39 is 0 Å². The van der Waals surface area contributed by atoms with E-state index in [-0.39, 0.29) is 5.41 Å². The molecule has 38 heavy (non-hydrogen) atoms. The van der Waals surface area contributed by atoms with Crippen LogP contribution >= 0.6 is 0 Å². The van der Waals surface area contributed by atoms with Crippen LogP contribution in [0.25, 0.3) is 33.5 Å². The van der Waals surface area contributed by atoms with E-state index in [4.69, 9.17) is 4.98 Å². The Hall–Kier alpha value is -3.77. The van der Waals surface area contributed by atoms with Gasteiger partial charge in [0.25, 0.3) is 0 Å². The highest BCUT2D eigenvalue weighted by atomic mass is 15.3. The number of imidazole rings is 1. The van der Waals surface area contributed by atoms with Gasteiger partial charge in [0.05, 0.1) is 22.2 Å². The Balaban J connectivity index is 1.22. The van der Waals surface area contributed by atoms with Gasteiger partial charge in [-0.2, -0.15) is 0 Å². The lowest BCUT2D eigenvalue weighted by Gasteiger charge is -2.42. The van der Waals surface area contributed by atoms with Gasteiger partial charge in [-0.15, -0.1) is 0 Å². The molecule has 194 valence electrons. The Kier molecular flexibility index (Phi) is 6.36. The molecular formula is C32H36N6. The van der Waals surface area contributed by atoms with Gasteiger partial charge in [-0.05, 0) is 47.2 Å². The molecule has 0 aliphatic carbocycles. The SMILES string of the molecule is CC[C@H]1CN(c2cccc3[nH]c(-c4ccc(C(C)(C)C)cc4)nc23)CCN1Cc1ccc2nccnc2c1. The maximum Gasteiger partial charge on any atom is 0.138 e. The average molecular weight is 505 g/mol. The van der Waals surface area contributed by atoms with Crippen molar-refractivity contribution in [3.05, 3.63) is 84.2 Å². The molecule has 6 nitrogen and oxygen atoms in total. The molecule has 0 spiro atoms. The molecule has 1 aliphatic rings. The van der Waals surface area contributed by atoms with Crippen molar-refractivity contribution >= 4 is 27.8 Å². The summed E-state index contributed by atoms with van der Waals surface area (Å²) in [5.41, 5.74) is 9.16. The summed E-state index contributed by atoms with van der Waals surface area (Å²) >= 11 is 0. The Morgan fingerprint density at radius 3 is 2.47 bits per heavy atom. The van der Waals surface area contributed by atoms with E-state index >= 15 is 0 Å². The number of hydrogen-bond donors (Lipinski definition) is 1. The van der Waals surface area contributed by atoms with Crippen LogP contribution in [-0.2, 0) is 12.0 Å². The second-order valence-electron chi connectivity index (χ2n) is 11.4. The zero-order chi connectivity index (χ0) is 26.3. The predicted octanol–water partition coefficient (Wildman–Crippen LogP) is 6.57. The Morgan fingerprint density at radius 2 is 1.71 bits per heavy atom. The third kappa shape index (κ3) is 4.76. The summed E-state index contributed by atoms with van der Waals surface area (Å²) in [5.74, 6) is 0.929. The minimum absolute atomic E-state index is 0.139. The molecule has 6 rings (SSSR count). The zero-order valence-corrected chi connectivity index (χ0v) is 22.8. The highest BCUT2D eigenvalue weighted by molar-refractivity contribution is 5.91. The summed E-state index contributed by atoms with van der Waals surface area (Å²) < 4.78 is 0. The van der Waals surface area contributed by atoms with Crippen molar-refractivity contribution in [2.45, 2.75) is 52.1 Å². The second kappa shape index (κ2) is 9.84. The van der Waals surface area contributed by atoms with E-state index in [9.17, 15) is 0 Å². The summed E-state index contributed by atoms with van der Waals surface area (Å²) in [7, 11) is 0. The first kappa shape index (κ1) is 24.6. The van der Waals surface area contributed by atoms with Gasteiger partial charge in [0.1, 0.15) is 11.3 Å². The molecule has 1 aliphatic heterocycles. The molecule has 0 radical (unpaired) electrons. The fraction of sp³-hybridized carbons (Fsp3) is 0.344. The number of benzene rings is 3. The minimum atomic E-state index is 0.139. The predicted molar refractivity (Wildman–Crippen MR) is 156 cm³/mol. The van der Waals surface area contributed by atoms with E-state index in [0.717, 1.165) is 66.1 Å². The van der Waals surface area contributed by atoms with Gasteiger partial charge in [-0.3, -0.25) is 14.9 Å².